The first-order chi connectivity index (χ1) is 7.74. The van der Waals surface area contributed by atoms with Crippen LogP contribution >= 0.6 is 0 Å². The Labute approximate surface area is 93.0 Å². The molecule has 2 rings (SSSR count). The SMILES string of the molecule is COC(=O)N1CCCC(=O)C1c1ccco1. The Morgan fingerprint density at radius 1 is 1.62 bits per heavy atom. The van der Waals surface area contributed by atoms with Gasteiger partial charge in [0.05, 0.1) is 13.4 Å². The number of furan rings is 1. The number of carbonyl (C=O) groups excluding carboxylic acids is 2. The van der Waals surface area contributed by atoms with Crippen LogP contribution in [-0.2, 0) is 9.53 Å². The van der Waals surface area contributed by atoms with E-state index in [1.165, 1.54) is 18.3 Å². The van der Waals surface area contributed by atoms with Crippen molar-refractivity contribution >= 4 is 11.9 Å². The first kappa shape index (κ1) is 10.7. The van der Waals surface area contributed by atoms with Crippen molar-refractivity contribution in [2.75, 3.05) is 13.7 Å². The molecule has 0 bridgehead atoms. The van der Waals surface area contributed by atoms with Crippen molar-refractivity contribution in [3.05, 3.63) is 24.2 Å². The first-order valence-electron chi connectivity index (χ1n) is 5.14. The lowest BCUT2D eigenvalue weighted by Gasteiger charge is -2.31. The van der Waals surface area contributed by atoms with E-state index >= 15 is 0 Å². The van der Waals surface area contributed by atoms with E-state index in [2.05, 4.69) is 4.74 Å². The number of carbonyl (C=O) groups is 2. The third-order valence-corrected chi connectivity index (χ3v) is 2.66. The third kappa shape index (κ3) is 1.80. The molecular weight excluding hydrogens is 210 g/mol. The quantitative estimate of drug-likeness (QED) is 0.727. The molecule has 1 aromatic heterocycles. The van der Waals surface area contributed by atoms with Crippen LogP contribution in [0.15, 0.2) is 22.8 Å². The number of ether oxygens (including phenoxy) is 1. The Bertz CT molecular complexity index is 385. The fourth-order valence-electron chi connectivity index (χ4n) is 1.94. The number of amides is 1. The van der Waals surface area contributed by atoms with Crippen LogP contribution in [0.5, 0.6) is 0 Å². The maximum atomic E-state index is 11.8. The topological polar surface area (TPSA) is 59.8 Å². The number of hydrogen-bond donors (Lipinski definition) is 0. The molecule has 1 aliphatic heterocycles. The third-order valence-electron chi connectivity index (χ3n) is 2.66. The van der Waals surface area contributed by atoms with Crippen LogP contribution in [0.4, 0.5) is 4.79 Å². The highest BCUT2D eigenvalue weighted by molar-refractivity contribution is 5.89. The van der Waals surface area contributed by atoms with Gasteiger partial charge >= 0.3 is 6.09 Å². The van der Waals surface area contributed by atoms with Crippen LogP contribution in [0.1, 0.15) is 24.6 Å². The molecule has 1 saturated heterocycles. The molecule has 1 unspecified atom stereocenters. The van der Waals surface area contributed by atoms with Gasteiger partial charge in [0.25, 0.3) is 0 Å². The molecule has 1 amide bonds. The summed E-state index contributed by atoms with van der Waals surface area (Å²) in [6, 6.07) is 2.77. The van der Waals surface area contributed by atoms with Gasteiger partial charge in [-0.15, -0.1) is 0 Å². The molecule has 1 atom stereocenters. The lowest BCUT2D eigenvalue weighted by molar-refractivity contribution is -0.127. The number of piperidine rings is 1. The zero-order valence-corrected chi connectivity index (χ0v) is 9.01. The van der Waals surface area contributed by atoms with Crippen LogP contribution in [0, 0.1) is 0 Å². The van der Waals surface area contributed by atoms with Crippen LogP contribution in [-0.4, -0.2) is 30.4 Å². The van der Waals surface area contributed by atoms with E-state index in [9.17, 15) is 9.59 Å². The van der Waals surface area contributed by atoms with Gasteiger partial charge in [-0.25, -0.2) is 4.79 Å². The van der Waals surface area contributed by atoms with Crippen LogP contribution in [0.25, 0.3) is 0 Å². The van der Waals surface area contributed by atoms with E-state index in [-0.39, 0.29) is 5.78 Å². The van der Waals surface area contributed by atoms with Crippen molar-refractivity contribution in [1.82, 2.24) is 4.90 Å². The van der Waals surface area contributed by atoms with E-state index in [1.807, 2.05) is 0 Å². The van der Waals surface area contributed by atoms with Crippen LogP contribution in [0.3, 0.4) is 0 Å². The summed E-state index contributed by atoms with van der Waals surface area (Å²) < 4.78 is 9.86. The Hall–Kier alpha value is -1.78. The highest BCUT2D eigenvalue weighted by Gasteiger charge is 2.36. The second kappa shape index (κ2) is 4.38. The molecule has 0 saturated carbocycles. The summed E-state index contributed by atoms with van der Waals surface area (Å²) in [5.41, 5.74) is 0. The molecule has 1 aliphatic rings. The standard InChI is InChI=1S/C11H13NO4/c1-15-11(14)12-6-2-4-8(13)10(12)9-5-3-7-16-9/h3,5,7,10H,2,4,6H2,1H3. The second-order valence-electron chi connectivity index (χ2n) is 3.65. The average molecular weight is 223 g/mol. The van der Waals surface area contributed by atoms with Crippen molar-refractivity contribution in [3.8, 4) is 0 Å². The van der Waals surface area contributed by atoms with Gasteiger partial charge in [-0.1, -0.05) is 0 Å². The zero-order chi connectivity index (χ0) is 11.5. The predicted molar refractivity (Wildman–Crippen MR) is 54.8 cm³/mol. The normalized spacial score (nSPS) is 20.9. The largest absolute Gasteiger partial charge is 0.467 e. The molecule has 5 nitrogen and oxygen atoms in total. The summed E-state index contributed by atoms with van der Waals surface area (Å²) >= 11 is 0. The molecule has 2 heterocycles. The smallest absolute Gasteiger partial charge is 0.410 e. The van der Waals surface area contributed by atoms with Gasteiger partial charge in [0.15, 0.2) is 11.8 Å². The fourth-order valence-corrected chi connectivity index (χ4v) is 1.94. The van der Waals surface area contributed by atoms with Gasteiger partial charge in [0.2, 0.25) is 0 Å². The lowest BCUT2D eigenvalue weighted by atomic mass is 9.99. The van der Waals surface area contributed by atoms with Crippen molar-refractivity contribution in [2.45, 2.75) is 18.9 Å². The van der Waals surface area contributed by atoms with E-state index < -0.39 is 12.1 Å². The van der Waals surface area contributed by atoms with Gasteiger partial charge < -0.3 is 9.15 Å². The summed E-state index contributed by atoms with van der Waals surface area (Å²) in [6.07, 6.45) is 2.14. The number of likely N-dealkylation sites (tertiary alicyclic amines) is 1. The summed E-state index contributed by atoms with van der Waals surface area (Å²) in [5, 5.41) is 0. The first-order valence-corrected chi connectivity index (χ1v) is 5.14. The number of nitrogens with zero attached hydrogens (tertiary/aromatic N) is 1. The van der Waals surface area contributed by atoms with Gasteiger partial charge in [0, 0.05) is 13.0 Å². The van der Waals surface area contributed by atoms with Crippen molar-refractivity contribution in [1.29, 1.82) is 0 Å². The van der Waals surface area contributed by atoms with Crippen molar-refractivity contribution in [3.63, 3.8) is 0 Å². The number of ketones is 1. The minimum absolute atomic E-state index is 0.00778. The number of hydrogen-bond acceptors (Lipinski definition) is 4. The molecule has 0 spiro atoms. The molecule has 0 aliphatic carbocycles. The Morgan fingerprint density at radius 2 is 2.44 bits per heavy atom. The van der Waals surface area contributed by atoms with Gasteiger partial charge in [-0.2, -0.15) is 0 Å². The highest BCUT2D eigenvalue weighted by atomic mass is 16.5. The molecule has 1 aromatic rings. The monoisotopic (exact) mass is 223 g/mol. The van der Waals surface area contributed by atoms with Gasteiger partial charge in [-0.05, 0) is 18.6 Å². The summed E-state index contributed by atoms with van der Waals surface area (Å²) in [5.74, 6) is 0.488. The maximum Gasteiger partial charge on any atom is 0.410 e. The molecule has 0 aromatic carbocycles. The predicted octanol–water partition coefficient (Wildman–Crippen LogP) is 1.75. The Kier molecular flexibility index (Phi) is 2.94. The molecule has 86 valence electrons. The van der Waals surface area contributed by atoms with E-state index in [0.717, 1.165) is 0 Å². The Morgan fingerprint density at radius 3 is 3.06 bits per heavy atom. The maximum absolute atomic E-state index is 11.8. The van der Waals surface area contributed by atoms with E-state index in [0.29, 0.717) is 25.1 Å². The molecule has 0 radical (unpaired) electrons. The zero-order valence-electron chi connectivity index (χ0n) is 9.01. The molecule has 0 N–H and O–H groups in total. The van der Waals surface area contributed by atoms with E-state index in [1.54, 1.807) is 12.1 Å². The van der Waals surface area contributed by atoms with Crippen LogP contribution < -0.4 is 0 Å². The summed E-state index contributed by atoms with van der Waals surface area (Å²) in [7, 11) is 1.31. The summed E-state index contributed by atoms with van der Waals surface area (Å²) in [4.78, 5) is 24.7. The average Bonchev–Trinajstić information content (AvgIpc) is 2.81. The number of Topliss-reactive ketones (excluding diaryl/α,β-unsaturated/α-hetero) is 1. The molecule has 5 heteroatoms. The lowest BCUT2D eigenvalue weighted by Crippen LogP contribution is -2.42. The van der Waals surface area contributed by atoms with Gasteiger partial charge in [0.1, 0.15) is 5.76 Å². The van der Waals surface area contributed by atoms with E-state index in [4.69, 9.17) is 4.42 Å². The molecule has 16 heavy (non-hydrogen) atoms. The van der Waals surface area contributed by atoms with Crippen LogP contribution in [0.2, 0.25) is 0 Å². The van der Waals surface area contributed by atoms with Crippen molar-refractivity contribution < 1.29 is 18.7 Å². The van der Waals surface area contributed by atoms with Gasteiger partial charge in [-0.3, -0.25) is 9.69 Å². The minimum atomic E-state index is -0.629. The highest BCUT2D eigenvalue weighted by Crippen LogP contribution is 2.28. The van der Waals surface area contributed by atoms with Crippen molar-refractivity contribution in [2.24, 2.45) is 0 Å². The molecule has 1 fully saturated rings. The minimum Gasteiger partial charge on any atom is -0.467 e. The molecular formula is C11H13NO4. The summed E-state index contributed by atoms with van der Waals surface area (Å²) in [6.45, 7) is 0.518. The Balaban J connectivity index is 2.28. The number of methoxy groups -OCH3 is 1. The second-order valence-corrected chi connectivity index (χ2v) is 3.65. The number of rotatable bonds is 1. The fraction of sp³-hybridized carbons (Fsp3) is 0.455.